The number of rotatable bonds is 8. The van der Waals surface area contributed by atoms with Gasteiger partial charge >= 0.3 is 0 Å². The van der Waals surface area contributed by atoms with Gasteiger partial charge in [0.25, 0.3) is 5.91 Å². The third-order valence-corrected chi connectivity index (χ3v) is 5.90. The van der Waals surface area contributed by atoms with Crippen molar-refractivity contribution in [2.45, 2.75) is 6.61 Å². The topological polar surface area (TPSA) is 69.7 Å². The molecule has 0 spiro atoms. The fourth-order valence-corrected chi connectivity index (χ4v) is 4.12. The van der Waals surface area contributed by atoms with Crippen molar-refractivity contribution in [2.24, 2.45) is 0 Å². The summed E-state index contributed by atoms with van der Waals surface area (Å²) in [6.45, 7) is 0.402. The molecule has 0 aliphatic rings. The Balaban J connectivity index is 1.46. The Kier molecular flexibility index (Phi) is 7.12. The zero-order valence-electron chi connectivity index (χ0n) is 18.0. The van der Waals surface area contributed by atoms with Gasteiger partial charge in [0.1, 0.15) is 34.6 Å². The van der Waals surface area contributed by atoms with Gasteiger partial charge in [0.2, 0.25) is 0 Å². The molecule has 33 heavy (non-hydrogen) atoms. The Morgan fingerprint density at radius 1 is 1.00 bits per heavy atom. The predicted octanol–water partition coefficient (Wildman–Crippen LogP) is 6.31. The number of amides is 1. The monoisotopic (exact) mass is 480 g/mol. The number of carbonyl (C=O) groups excluding carboxylic acids is 1. The summed E-state index contributed by atoms with van der Waals surface area (Å²) >= 11 is 7.42. The third-order valence-electron chi connectivity index (χ3n) is 4.77. The van der Waals surface area contributed by atoms with Gasteiger partial charge in [0.05, 0.1) is 19.9 Å². The molecule has 4 rings (SSSR count). The number of anilines is 1. The summed E-state index contributed by atoms with van der Waals surface area (Å²) in [5.74, 6) is 1.52. The zero-order chi connectivity index (χ0) is 23.2. The zero-order valence-corrected chi connectivity index (χ0v) is 19.6. The largest absolute Gasteiger partial charge is 0.497 e. The second-order valence-electron chi connectivity index (χ2n) is 7.00. The number of nitrogens with zero attached hydrogens (tertiary/aromatic N) is 1. The summed E-state index contributed by atoms with van der Waals surface area (Å²) in [4.78, 5) is 17.3. The van der Waals surface area contributed by atoms with Crippen molar-refractivity contribution in [1.82, 2.24) is 4.98 Å². The molecular formula is C25H21ClN2O4S. The van der Waals surface area contributed by atoms with E-state index in [4.69, 9.17) is 25.8 Å². The van der Waals surface area contributed by atoms with Crippen LogP contribution in [0.3, 0.4) is 0 Å². The quantitative estimate of drug-likeness (QED) is 0.320. The predicted molar refractivity (Wildman–Crippen MR) is 131 cm³/mol. The van der Waals surface area contributed by atoms with Gasteiger partial charge in [-0.1, -0.05) is 35.9 Å². The highest BCUT2D eigenvalue weighted by Gasteiger charge is 2.15. The van der Waals surface area contributed by atoms with Crippen molar-refractivity contribution in [1.29, 1.82) is 0 Å². The molecule has 4 aromatic rings. The maximum atomic E-state index is 12.7. The molecule has 1 heterocycles. The Morgan fingerprint density at radius 3 is 2.64 bits per heavy atom. The highest BCUT2D eigenvalue weighted by Crippen LogP contribution is 2.31. The molecule has 0 atom stereocenters. The lowest BCUT2D eigenvalue weighted by Crippen LogP contribution is -2.13. The van der Waals surface area contributed by atoms with Crippen LogP contribution in [-0.4, -0.2) is 25.1 Å². The summed E-state index contributed by atoms with van der Waals surface area (Å²) in [7, 11) is 3.11. The van der Waals surface area contributed by atoms with Gasteiger partial charge in [-0.05, 0) is 42.0 Å². The first-order valence-corrected chi connectivity index (χ1v) is 11.3. The van der Waals surface area contributed by atoms with E-state index in [1.165, 1.54) is 18.4 Å². The molecule has 0 aliphatic heterocycles. The molecule has 0 saturated heterocycles. The Hall–Kier alpha value is -3.55. The van der Waals surface area contributed by atoms with Crippen LogP contribution in [0.2, 0.25) is 5.02 Å². The van der Waals surface area contributed by atoms with Gasteiger partial charge in [-0.2, -0.15) is 0 Å². The number of hydrogen-bond acceptors (Lipinski definition) is 6. The standard InChI is InChI=1S/C25H21ClN2O4S/c1-30-19-9-10-21(23(13-19)31-2)27-24(29)22-15-33-25(28-22)17-6-4-8-20(12-17)32-14-16-5-3-7-18(26)11-16/h3-13,15H,14H2,1-2H3,(H,27,29). The first kappa shape index (κ1) is 22.6. The molecule has 0 unspecified atom stereocenters. The van der Waals surface area contributed by atoms with Crippen LogP contribution in [0.5, 0.6) is 17.2 Å². The number of nitrogens with one attached hydrogen (secondary N) is 1. The molecule has 0 aliphatic carbocycles. The molecule has 1 aromatic heterocycles. The van der Waals surface area contributed by atoms with Crippen molar-refractivity contribution >= 4 is 34.5 Å². The molecule has 3 aromatic carbocycles. The fraction of sp³-hybridized carbons (Fsp3) is 0.120. The Labute approximate surface area is 200 Å². The second-order valence-corrected chi connectivity index (χ2v) is 8.30. The summed E-state index contributed by atoms with van der Waals surface area (Å²) in [5, 5.41) is 5.95. The van der Waals surface area contributed by atoms with E-state index >= 15 is 0 Å². The molecule has 0 bridgehead atoms. The van der Waals surface area contributed by atoms with Crippen molar-refractivity contribution in [3.63, 3.8) is 0 Å². The van der Waals surface area contributed by atoms with E-state index in [0.717, 1.165) is 16.1 Å². The Morgan fingerprint density at radius 2 is 1.85 bits per heavy atom. The molecule has 0 fully saturated rings. The van der Waals surface area contributed by atoms with E-state index < -0.39 is 0 Å². The van der Waals surface area contributed by atoms with Crippen LogP contribution in [0, 0.1) is 0 Å². The van der Waals surface area contributed by atoms with Crippen LogP contribution in [0.1, 0.15) is 16.1 Å². The third kappa shape index (κ3) is 5.63. The molecule has 1 amide bonds. The van der Waals surface area contributed by atoms with Crippen molar-refractivity contribution in [2.75, 3.05) is 19.5 Å². The molecular weight excluding hydrogens is 460 g/mol. The smallest absolute Gasteiger partial charge is 0.275 e. The lowest BCUT2D eigenvalue weighted by Gasteiger charge is -2.10. The minimum atomic E-state index is -0.325. The van der Waals surface area contributed by atoms with Crippen molar-refractivity contribution < 1.29 is 19.0 Å². The molecule has 8 heteroatoms. The van der Waals surface area contributed by atoms with Crippen LogP contribution < -0.4 is 19.5 Å². The summed E-state index contributed by atoms with van der Waals surface area (Å²) in [6, 6.07) is 20.3. The normalized spacial score (nSPS) is 10.5. The van der Waals surface area contributed by atoms with E-state index in [-0.39, 0.29) is 5.91 Å². The highest BCUT2D eigenvalue weighted by atomic mass is 35.5. The Bertz CT molecular complexity index is 1270. The number of methoxy groups -OCH3 is 2. The number of aromatic nitrogens is 1. The van der Waals surface area contributed by atoms with E-state index in [9.17, 15) is 4.79 Å². The number of halogens is 1. The number of benzene rings is 3. The molecule has 168 valence electrons. The summed E-state index contributed by atoms with van der Waals surface area (Å²) < 4.78 is 16.4. The highest BCUT2D eigenvalue weighted by molar-refractivity contribution is 7.13. The summed E-state index contributed by atoms with van der Waals surface area (Å²) in [6.07, 6.45) is 0. The van der Waals surface area contributed by atoms with Gasteiger partial charge < -0.3 is 19.5 Å². The van der Waals surface area contributed by atoms with Crippen LogP contribution in [0.4, 0.5) is 5.69 Å². The van der Waals surface area contributed by atoms with Crippen LogP contribution in [0.25, 0.3) is 10.6 Å². The maximum Gasteiger partial charge on any atom is 0.275 e. The first-order valence-electron chi connectivity index (χ1n) is 10.0. The SMILES string of the molecule is COc1ccc(NC(=O)c2csc(-c3cccc(OCc4cccc(Cl)c4)c3)n2)c(OC)c1. The van der Waals surface area contributed by atoms with Gasteiger partial charge in [-0.3, -0.25) is 4.79 Å². The van der Waals surface area contributed by atoms with Crippen LogP contribution in [0.15, 0.2) is 72.1 Å². The fourth-order valence-electron chi connectivity index (χ4n) is 3.11. The molecule has 0 radical (unpaired) electrons. The minimum Gasteiger partial charge on any atom is -0.497 e. The number of hydrogen-bond donors (Lipinski definition) is 1. The summed E-state index contributed by atoms with van der Waals surface area (Å²) in [5.41, 5.74) is 2.70. The van der Waals surface area contributed by atoms with E-state index in [1.54, 1.807) is 30.7 Å². The van der Waals surface area contributed by atoms with Gasteiger partial charge in [0, 0.05) is 22.0 Å². The lowest BCUT2D eigenvalue weighted by molar-refractivity contribution is 0.102. The van der Waals surface area contributed by atoms with E-state index in [0.29, 0.717) is 40.3 Å². The van der Waals surface area contributed by atoms with Crippen LogP contribution in [-0.2, 0) is 6.61 Å². The number of ether oxygens (including phenoxy) is 3. The molecule has 1 N–H and O–H groups in total. The molecule has 0 saturated carbocycles. The average Bonchev–Trinajstić information content (AvgIpc) is 3.34. The van der Waals surface area contributed by atoms with Gasteiger partial charge in [-0.15, -0.1) is 11.3 Å². The lowest BCUT2D eigenvalue weighted by atomic mass is 10.2. The first-order chi connectivity index (χ1) is 16.1. The minimum absolute atomic E-state index is 0.318. The van der Waals surface area contributed by atoms with Crippen molar-refractivity contribution in [3.05, 3.63) is 88.4 Å². The van der Waals surface area contributed by atoms with E-state index in [1.807, 2.05) is 48.5 Å². The van der Waals surface area contributed by atoms with E-state index in [2.05, 4.69) is 10.3 Å². The molecule has 6 nitrogen and oxygen atoms in total. The van der Waals surface area contributed by atoms with Gasteiger partial charge in [0.15, 0.2) is 0 Å². The second kappa shape index (κ2) is 10.4. The number of thiazole rings is 1. The van der Waals surface area contributed by atoms with Crippen molar-refractivity contribution in [3.8, 4) is 27.8 Å². The average molecular weight is 481 g/mol. The van der Waals surface area contributed by atoms with Gasteiger partial charge in [-0.25, -0.2) is 4.98 Å². The number of carbonyl (C=O) groups is 1. The van der Waals surface area contributed by atoms with Crippen LogP contribution >= 0.6 is 22.9 Å². The maximum absolute atomic E-state index is 12.7.